The second-order valence-electron chi connectivity index (χ2n) is 7.11. The molecule has 0 fully saturated rings. The van der Waals surface area contributed by atoms with Gasteiger partial charge in [-0.3, -0.25) is 9.36 Å². The van der Waals surface area contributed by atoms with E-state index in [0.29, 0.717) is 33.9 Å². The van der Waals surface area contributed by atoms with Crippen LogP contribution in [0.3, 0.4) is 0 Å². The molecule has 0 unspecified atom stereocenters. The number of amides is 1. The number of esters is 1. The normalized spacial score (nSPS) is 10.8. The van der Waals surface area contributed by atoms with Crippen molar-refractivity contribution in [2.45, 2.75) is 18.6 Å². The van der Waals surface area contributed by atoms with Crippen LogP contribution in [0.1, 0.15) is 15.2 Å². The van der Waals surface area contributed by atoms with E-state index in [1.165, 1.54) is 30.2 Å². The first kappa shape index (κ1) is 23.5. The lowest BCUT2D eigenvalue weighted by Crippen LogP contribution is -2.16. The zero-order chi connectivity index (χ0) is 24.1. The Labute approximate surface area is 204 Å². The topological polar surface area (TPSA) is 99.2 Å². The molecule has 0 atom stereocenters. The maximum absolute atomic E-state index is 12.8. The summed E-state index contributed by atoms with van der Waals surface area (Å²) in [5, 5.41) is 12.3. The Morgan fingerprint density at radius 1 is 1.24 bits per heavy atom. The van der Waals surface area contributed by atoms with Crippen LogP contribution in [-0.2, 0) is 16.1 Å². The number of aryl methyl sites for hydroxylation is 1. The van der Waals surface area contributed by atoms with Gasteiger partial charge in [0.25, 0.3) is 0 Å². The Balaban J connectivity index is 1.54. The third kappa shape index (κ3) is 4.82. The summed E-state index contributed by atoms with van der Waals surface area (Å²) in [6, 6.07) is 13.1. The van der Waals surface area contributed by atoms with E-state index in [1.807, 2.05) is 41.8 Å². The lowest BCUT2D eigenvalue weighted by atomic mass is 10.0. The van der Waals surface area contributed by atoms with E-state index in [9.17, 15) is 9.59 Å². The number of carbonyl (C=O) groups is 2. The van der Waals surface area contributed by atoms with Crippen LogP contribution in [0.15, 0.2) is 71.0 Å². The summed E-state index contributed by atoms with van der Waals surface area (Å²) in [4.78, 5) is 26.4. The summed E-state index contributed by atoms with van der Waals surface area (Å²) in [6.07, 6.45) is 3.29. The van der Waals surface area contributed by atoms with Gasteiger partial charge in [-0.05, 0) is 24.6 Å². The van der Waals surface area contributed by atoms with Crippen molar-refractivity contribution in [3.63, 3.8) is 0 Å². The van der Waals surface area contributed by atoms with Crippen LogP contribution in [0.2, 0.25) is 0 Å². The number of thioether (sulfide) groups is 1. The van der Waals surface area contributed by atoms with Crippen LogP contribution in [0.5, 0.6) is 0 Å². The molecule has 1 amide bonds. The zero-order valence-corrected chi connectivity index (χ0v) is 20.2. The second kappa shape index (κ2) is 10.5. The van der Waals surface area contributed by atoms with E-state index in [1.54, 1.807) is 24.5 Å². The molecule has 0 aliphatic heterocycles. The highest BCUT2D eigenvalue weighted by Gasteiger charge is 2.25. The molecule has 4 rings (SSSR count). The molecule has 34 heavy (non-hydrogen) atoms. The number of ether oxygens (including phenoxy) is 1. The van der Waals surface area contributed by atoms with Gasteiger partial charge in [-0.1, -0.05) is 48.2 Å². The Kier molecular flexibility index (Phi) is 7.29. The van der Waals surface area contributed by atoms with Crippen LogP contribution >= 0.6 is 23.1 Å². The third-order valence-corrected chi connectivity index (χ3v) is 6.88. The zero-order valence-electron chi connectivity index (χ0n) is 18.6. The number of thiophene rings is 1. The number of allylic oxidation sites excluding steroid dienone is 1. The summed E-state index contributed by atoms with van der Waals surface area (Å²) in [5.41, 5.74) is 1.99. The molecule has 0 aliphatic carbocycles. The number of nitrogens with one attached hydrogen (secondary N) is 1. The molecular weight excluding hydrogens is 472 g/mol. The maximum atomic E-state index is 12.8. The van der Waals surface area contributed by atoms with Crippen molar-refractivity contribution in [2.75, 3.05) is 18.2 Å². The van der Waals surface area contributed by atoms with Crippen molar-refractivity contribution in [2.24, 2.45) is 0 Å². The number of anilines is 1. The summed E-state index contributed by atoms with van der Waals surface area (Å²) >= 11 is 2.58. The van der Waals surface area contributed by atoms with E-state index in [0.717, 1.165) is 16.0 Å². The van der Waals surface area contributed by atoms with Crippen molar-refractivity contribution in [1.82, 2.24) is 14.8 Å². The molecule has 174 valence electrons. The lowest BCUT2D eigenvalue weighted by molar-refractivity contribution is -0.113. The number of aromatic nitrogens is 3. The number of benzene rings is 1. The first-order valence-corrected chi connectivity index (χ1v) is 12.1. The van der Waals surface area contributed by atoms with Crippen molar-refractivity contribution < 1.29 is 18.7 Å². The molecule has 1 aromatic carbocycles. The summed E-state index contributed by atoms with van der Waals surface area (Å²) in [6.45, 7) is 6.16. The minimum absolute atomic E-state index is 0.0751. The van der Waals surface area contributed by atoms with E-state index in [4.69, 9.17) is 9.15 Å². The fraction of sp³-hybridized carbons (Fsp3) is 0.167. The van der Waals surface area contributed by atoms with Gasteiger partial charge in [0, 0.05) is 17.0 Å². The van der Waals surface area contributed by atoms with Gasteiger partial charge in [0.15, 0.2) is 10.9 Å². The Hall–Kier alpha value is -3.63. The molecule has 1 N–H and O–H groups in total. The molecular formula is C24H22N4O4S2. The van der Waals surface area contributed by atoms with Crippen LogP contribution in [-0.4, -0.2) is 39.5 Å². The number of rotatable bonds is 9. The molecule has 3 heterocycles. The summed E-state index contributed by atoms with van der Waals surface area (Å²) < 4.78 is 12.3. The highest BCUT2D eigenvalue weighted by atomic mass is 32.2. The number of furan rings is 1. The van der Waals surface area contributed by atoms with Crippen molar-refractivity contribution >= 4 is 40.0 Å². The highest BCUT2D eigenvalue weighted by Crippen LogP contribution is 2.40. The van der Waals surface area contributed by atoms with Crippen LogP contribution in [0, 0.1) is 6.92 Å². The molecule has 0 aliphatic rings. The maximum Gasteiger partial charge on any atom is 0.341 e. The Morgan fingerprint density at radius 2 is 2.03 bits per heavy atom. The quantitative estimate of drug-likeness (QED) is 0.192. The smallest absolute Gasteiger partial charge is 0.341 e. The molecule has 0 saturated heterocycles. The lowest BCUT2D eigenvalue weighted by Gasteiger charge is -2.09. The van der Waals surface area contributed by atoms with E-state index >= 15 is 0 Å². The highest BCUT2D eigenvalue weighted by molar-refractivity contribution is 7.99. The van der Waals surface area contributed by atoms with Gasteiger partial charge in [-0.25, -0.2) is 4.79 Å². The third-order valence-electron chi connectivity index (χ3n) is 4.89. The van der Waals surface area contributed by atoms with Crippen LogP contribution in [0.25, 0.3) is 22.7 Å². The van der Waals surface area contributed by atoms with Crippen molar-refractivity contribution in [3.8, 4) is 22.7 Å². The predicted molar refractivity (Wildman–Crippen MR) is 133 cm³/mol. The first-order valence-electron chi connectivity index (χ1n) is 10.3. The number of hydrogen-bond donors (Lipinski definition) is 1. The van der Waals surface area contributed by atoms with Gasteiger partial charge >= 0.3 is 5.97 Å². The van der Waals surface area contributed by atoms with Gasteiger partial charge in [-0.15, -0.1) is 28.1 Å². The Bertz CT molecular complexity index is 1310. The second-order valence-corrected chi connectivity index (χ2v) is 9.28. The number of methoxy groups -OCH3 is 1. The van der Waals surface area contributed by atoms with E-state index < -0.39 is 5.97 Å². The molecule has 8 nitrogen and oxygen atoms in total. The first-order chi connectivity index (χ1) is 16.5. The molecule has 0 saturated carbocycles. The van der Waals surface area contributed by atoms with E-state index in [-0.39, 0.29) is 11.7 Å². The molecule has 0 spiro atoms. The fourth-order valence-corrected chi connectivity index (χ4v) is 5.28. The molecule has 0 bridgehead atoms. The summed E-state index contributed by atoms with van der Waals surface area (Å²) in [5.74, 6) is 0.438. The minimum Gasteiger partial charge on any atom is -0.465 e. The number of hydrogen-bond acceptors (Lipinski definition) is 8. The SMILES string of the molecule is C=CCn1c(SCC(=O)Nc2sc(C)c(-c3ccccc3)c2C(=O)OC)nnc1-c1ccco1. The van der Waals surface area contributed by atoms with Gasteiger partial charge < -0.3 is 14.5 Å². The van der Waals surface area contributed by atoms with Gasteiger partial charge in [0.05, 0.1) is 19.1 Å². The van der Waals surface area contributed by atoms with Gasteiger partial charge in [0.2, 0.25) is 11.7 Å². The largest absolute Gasteiger partial charge is 0.465 e. The van der Waals surface area contributed by atoms with Gasteiger partial charge in [-0.2, -0.15) is 0 Å². The van der Waals surface area contributed by atoms with E-state index in [2.05, 4.69) is 22.1 Å². The minimum atomic E-state index is -0.500. The standard InChI is InChI=1S/C24H22N4O4S2/c1-4-12-28-21(17-11-8-13-32-17)26-27-24(28)33-14-18(29)25-22-20(23(30)31-3)19(15(2)34-22)16-9-6-5-7-10-16/h4-11,13H,1,12,14H2,2-3H3,(H,25,29). The summed E-state index contributed by atoms with van der Waals surface area (Å²) in [7, 11) is 1.33. The molecule has 4 aromatic rings. The van der Waals surface area contributed by atoms with Crippen LogP contribution < -0.4 is 5.32 Å². The van der Waals surface area contributed by atoms with Crippen LogP contribution in [0.4, 0.5) is 5.00 Å². The molecule has 0 radical (unpaired) electrons. The predicted octanol–water partition coefficient (Wildman–Crippen LogP) is 5.28. The molecule has 3 aromatic heterocycles. The fourth-order valence-electron chi connectivity index (χ4n) is 3.45. The monoisotopic (exact) mass is 494 g/mol. The van der Waals surface area contributed by atoms with Crippen molar-refractivity contribution in [3.05, 3.63) is 71.8 Å². The number of nitrogens with zero attached hydrogens (tertiary/aromatic N) is 3. The number of carbonyl (C=O) groups excluding carboxylic acids is 2. The average molecular weight is 495 g/mol. The molecule has 10 heteroatoms. The van der Waals surface area contributed by atoms with Gasteiger partial charge in [0.1, 0.15) is 10.6 Å². The average Bonchev–Trinajstić information content (AvgIpc) is 3.57. The van der Waals surface area contributed by atoms with Crippen molar-refractivity contribution in [1.29, 1.82) is 0 Å². The Morgan fingerprint density at radius 3 is 2.71 bits per heavy atom.